The predicted molar refractivity (Wildman–Crippen MR) is 136 cm³/mol. The lowest BCUT2D eigenvalue weighted by Gasteiger charge is -1.99. The van der Waals surface area contributed by atoms with E-state index in [0.717, 1.165) is 57.5 Å². The van der Waals surface area contributed by atoms with E-state index >= 15 is 0 Å². The zero-order valence-electron chi connectivity index (χ0n) is 21.0. The van der Waals surface area contributed by atoms with Gasteiger partial charge in [-0.3, -0.25) is 4.79 Å². The molecular formula is C28H46O3. The van der Waals surface area contributed by atoms with E-state index in [-0.39, 0.29) is 0 Å². The Balaban J connectivity index is -0.000000469. The number of allylic oxidation sites excluding steroid dienone is 9. The molecule has 0 saturated carbocycles. The fourth-order valence-corrected chi connectivity index (χ4v) is 2.34. The van der Waals surface area contributed by atoms with Crippen molar-refractivity contribution in [3.63, 3.8) is 0 Å². The third-order valence-electron chi connectivity index (χ3n) is 4.84. The Hall–Kier alpha value is -2.29. The Labute approximate surface area is 192 Å². The van der Waals surface area contributed by atoms with E-state index < -0.39 is 0 Å². The van der Waals surface area contributed by atoms with Crippen molar-refractivity contribution < 1.29 is 14.4 Å². The largest absolute Gasteiger partial charge is 0.307 e. The molecule has 0 N–H and O–H groups in total. The summed E-state index contributed by atoms with van der Waals surface area (Å²) in [6, 6.07) is 0. The van der Waals surface area contributed by atoms with Crippen LogP contribution in [0.4, 0.5) is 0 Å². The molecule has 0 aliphatic rings. The minimum Gasteiger partial charge on any atom is -0.307 e. The summed E-state index contributed by atoms with van der Waals surface area (Å²) in [6.45, 7) is 18.6. The average molecular weight is 431 g/mol. The van der Waals surface area contributed by atoms with Crippen molar-refractivity contribution in [2.75, 3.05) is 0 Å². The molecule has 0 aliphatic heterocycles. The first kappa shape index (κ1) is 33.4. The molecule has 3 nitrogen and oxygen atoms in total. The average Bonchev–Trinajstić information content (AvgIpc) is 2.79. The first-order valence-electron chi connectivity index (χ1n) is 11.3. The number of hydrogen-bond donors (Lipinski definition) is 0. The molecule has 176 valence electrons. The third-order valence-corrected chi connectivity index (χ3v) is 4.84. The van der Waals surface area contributed by atoms with Crippen molar-refractivity contribution in [2.45, 2.75) is 99.3 Å². The van der Waals surface area contributed by atoms with Gasteiger partial charge < -0.3 is 9.59 Å². The van der Waals surface area contributed by atoms with Crippen LogP contribution in [0.5, 0.6) is 0 Å². The Kier molecular flexibility index (Phi) is 27.7. The van der Waals surface area contributed by atoms with E-state index in [2.05, 4.69) is 72.4 Å². The van der Waals surface area contributed by atoms with Gasteiger partial charge >= 0.3 is 0 Å². The lowest BCUT2D eigenvalue weighted by Crippen LogP contribution is -1.82. The maximum atomic E-state index is 10.3. The normalized spacial score (nSPS) is 12.2. The first-order chi connectivity index (χ1) is 14.8. The van der Waals surface area contributed by atoms with Crippen molar-refractivity contribution in [3.05, 3.63) is 58.7 Å². The number of carbonyl (C=O) groups is 3. The second-order valence-corrected chi connectivity index (χ2v) is 7.71. The highest BCUT2D eigenvalue weighted by Crippen LogP contribution is 2.11. The lowest BCUT2D eigenvalue weighted by atomic mass is 10.1. The van der Waals surface area contributed by atoms with Crippen LogP contribution in [0.1, 0.15) is 99.3 Å². The summed E-state index contributed by atoms with van der Waals surface area (Å²) in [5.41, 5.74) is 6.28. The van der Waals surface area contributed by atoms with E-state index in [1.807, 2.05) is 6.79 Å². The topological polar surface area (TPSA) is 51.2 Å². The van der Waals surface area contributed by atoms with Gasteiger partial charge in [0, 0.05) is 6.42 Å². The number of hydrogen-bond acceptors (Lipinski definition) is 3. The first-order valence-corrected chi connectivity index (χ1v) is 11.3. The van der Waals surface area contributed by atoms with Crippen LogP contribution in [0.2, 0.25) is 0 Å². The van der Waals surface area contributed by atoms with Gasteiger partial charge in [0.05, 0.1) is 0 Å². The molecule has 0 bridgehead atoms. The van der Waals surface area contributed by atoms with E-state index in [9.17, 15) is 9.59 Å². The van der Waals surface area contributed by atoms with Crippen LogP contribution < -0.4 is 0 Å². The van der Waals surface area contributed by atoms with Crippen LogP contribution in [0, 0.1) is 0 Å². The fourth-order valence-electron chi connectivity index (χ4n) is 2.34. The molecular weight excluding hydrogens is 384 g/mol. The van der Waals surface area contributed by atoms with Gasteiger partial charge in [0.2, 0.25) is 0 Å². The van der Waals surface area contributed by atoms with Gasteiger partial charge in [-0.25, -0.2) is 0 Å². The summed E-state index contributed by atoms with van der Waals surface area (Å²) in [4.78, 5) is 28.4. The monoisotopic (exact) mass is 430 g/mol. The van der Waals surface area contributed by atoms with Gasteiger partial charge in [-0.15, -0.1) is 0 Å². The Bertz CT molecular complexity index is 604. The van der Waals surface area contributed by atoms with E-state index in [4.69, 9.17) is 4.79 Å². The standard InChI is InChI=1S/C14H22O.C13H22O.CH2O/c1-5-12(2)7-6-8-13(3)9-10-14(4)11-15;1-4-12(2)9-7-10-13(3)8-5-6-11-14;1-2/h7,9,11H,4-6,8,10H2,1-3H3;8-9,11H,4-7,10H2,1-3H3;1H2/b12-7+,13-9+;12-9+,13-8+;. The molecule has 31 heavy (non-hydrogen) atoms. The van der Waals surface area contributed by atoms with E-state index in [0.29, 0.717) is 18.4 Å². The minimum atomic E-state index is 0.648. The van der Waals surface area contributed by atoms with Crippen LogP contribution in [0.25, 0.3) is 0 Å². The molecule has 0 spiro atoms. The van der Waals surface area contributed by atoms with Gasteiger partial charge in [0.25, 0.3) is 0 Å². The number of rotatable bonds is 14. The quantitative estimate of drug-likeness (QED) is 0.121. The maximum absolute atomic E-state index is 10.3. The maximum Gasteiger partial charge on any atom is 0.145 e. The Morgan fingerprint density at radius 1 is 0.645 bits per heavy atom. The summed E-state index contributed by atoms with van der Waals surface area (Å²) in [6.07, 6.45) is 19.6. The molecule has 0 saturated heterocycles. The summed E-state index contributed by atoms with van der Waals surface area (Å²) < 4.78 is 0. The zero-order chi connectivity index (χ0) is 24.5. The Morgan fingerprint density at radius 2 is 1.06 bits per heavy atom. The molecule has 0 radical (unpaired) electrons. The van der Waals surface area contributed by atoms with Crippen LogP contribution in [0.15, 0.2) is 58.7 Å². The van der Waals surface area contributed by atoms with Gasteiger partial charge in [0.15, 0.2) is 0 Å². The third kappa shape index (κ3) is 27.7. The molecule has 0 aromatic heterocycles. The summed E-state index contributed by atoms with van der Waals surface area (Å²) >= 11 is 0. The molecule has 0 aliphatic carbocycles. The molecule has 3 heteroatoms. The van der Waals surface area contributed by atoms with Gasteiger partial charge in [-0.2, -0.15) is 0 Å². The van der Waals surface area contributed by atoms with Crippen molar-refractivity contribution >= 4 is 19.4 Å². The van der Waals surface area contributed by atoms with Crippen molar-refractivity contribution in [2.24, 2.45) is 0 Å². The van der Waals surface area contributed by atoms with E-state index in [1.165, 1.54) is 22.3 Å². The number of unbranched alkanes of at least 4 members (excludes halogenated alkanes) is 1. The fraction of sp³-hybridized carbons (Fsp3) is 0.536. The molecule has 0 atom stereocenters. The Morgan fingerprint density at radius 3 is 1.45 bits per heavy atom. The van der Waals surface area contributed by atoms with Crippen molar-refractivity contribution in [1.82, 2.24) is 0 Å². The van der Waals surface area contributed by atoms with E-state index in [1.54, 1.807) is 0 Å². The van der Waals surface area contributed by atoms with Crippen LogP contribution >= 0.6 is 0 Å². The van der Waals surface area contributed by atoms with Gasteiger partial charge in [-0.05, 0) is 84.6 Å². The van der Waals surface area contributed by atoms with Gasteiger partial charge in [0.1, 0.15) is 19.4 Å². The SMILES string of the molecule is C=C(C=O)C/C=C(\C)CC/C=C(\C)CC.C=O.CC/C(C)=C/CC/C(C)=C/CCC=O. The van der Waals surface area contributed by atoms with Crippen molar-refractivity contribution in [1.29, 1.82) is 0 Å². The molecule has 0 rings (SSSR count). The summed E-state index contributed by atoms with van der Waals surface area (Å²) in [5.74, 6) is 0. The smallest absolute Gasteiger partial charge is 0.145 e. The highest BCUT2D eigenvalue weighted by Gasteiger charge is 1.92. The van der Waals surface area contributed by atoms with Crippen molar-refractivity contribution in [3.8, 4) is 0 Å². The highest BCUT2D eigenvalue weighted by atomic mass is 16.1. The van der Waals surface area contributed by atoms with Crippen LogP contribution in [-0.4, -0.2) is 19.4 Å². The predicted octanol–water partition coefficient (Wildman–Crippen LogP) is 8.08. The second kappa shape index (κ2) is 25.7. The van der Waals surface area contributed by atoms with Gasteiger partial charge in [-0.1, -0.05) is 67.0 Å². The second-order valence-electron chi connectivity index (χ2n) is 7.71. The zero-order valence-corrected chi connectivity index (χ0v) is 21.0. The lowest BCUT2D eigenvalue weighted by molar-refractivity contribution is -0.108. The summed E-state index contributed by atoms with van der Waals surface area (Å²) in [7, 11) is 0. The molecule has 0 unspecified atom stereocenters. The number of aldehydes is 2. The molecule has 0 heterocycles. The summed E-state index contributed by atoms with van der Waals surface area (Å²) in [5, 5.41) is 0. The molecule has 0 amide bonds. The van der Waals surface area contributed by atoms with Crippen LogP contribution in [-0.2, 0) is 14.4 Å². The number of carbonyl (C=O) groups excluding carboxylic acids is 3. The minimum absolute atomic E-state index is 0.648. The molecule has 0 aromatic rings. The molecule has 0 fully saturated rings. The highest BCUT2D eigenvalue weighted by molar-refractivity contribution is 5.72. The van der Waals surface area contributed by atoms with Crippen LogP contribution in [0.3, 0.4) is 0 Å². The molecule has 0 aromatic carbocycles.